The first-order valence-electron chi connectivity index (χ1n) is 11.1. The zero-order valence-corrected chi connectivity index (χ0v) is 19.6. The summed E-state index contributed by atoms with van der Waals surface area (Å²) in [5, 5.41) is 0.695. The summed E-state index contributed by atoms with van der Waals surface area (Å²) in [5.74, 6) is 2.67. The minimum atomic E-state index is -0.185. The zero-order chi connectivity index (χ0) is 22.5. The van der Waals surface area contributed by atoms with E-state index in [4.69, 9.17) is 26.1 Å². The number of imidazole rings is 1. The van der Waals surface area contributed by atoms with Crippen LogP contribution in [0.1, 0.15) is 42.8 Å². The maximum absolute atomic E-state index is 6.17. The molecule has 3 aromatic carbocycles. The van der Waals surface area contributed by atoms with E-state index < -0.39 is 0 Å². The van der Waals surface area contributed by atoms with E-state index in [9.17, 15) is 0 Å². The minimum Gasteiger partial charge on any atom is -0.493 e. The van der Waals surface area contributed by atoms with Gasteiger partial charge in [0.15, 0.2) is 11.9 Å². The molecule has 0 spiro atoms. The monoisotopic (exact) mass is 448 g/mol. The molecule has 0 amide bonds. The van der Waals surface area contributed by atoms with Gasteiger partial charge in [-0.25, -0.2) is 4.98 Å². The maximum Gasteiger partial charge on any atom is 0.153 e. The van der Waals surface area contributed by atoms with Crippen LogP contribution < -0.4 is 9.47 Å². The SMILES string of the molecule is Cc1ccc(OCCCCn2c(C(C)Oc3ccc(Cl)cc3)nc3ccccc32)c(C)c1. The maximum atomic E-state index is 6.17. The average Bonchev–Trinajstić information content (AvgIpc) is 3.15. The number of nitrogens with zero attached hydrogens (tertiary/aromatic N) is 2. The molecule has 1 heterocycles. The number of aryl methyl sites for hydroxylation is 3. The molecule has 4 rings (SSSR count). The van der Waals surface area contributed by atoms with Crippen molar-refractivity contribution in [2.24, 2.45) is 0 Å². The highest BCUT2D eigenvalue weighted by molar-refractivity contribution is 6.30. The van der Waals surface area contributed by atoms with Crippen LogP contribution in [-0.2, 0) is 6.54 Å². The molecule has 0 saturated carbocycles. The molecule has 1 unspecified atom stereocenters. The van der Waals surface area contributed by atoms with Crippen molar-refractivity contribution in [3.63, 3.8) is 0 Å². The van der Waals surface area contributed by atoms with Crippen LogP contribution in [0.25, 0.3) is 11.0 Å². The number of hydrogen-bond donors (Lipinski definition) is 0. The van der Waals surface area contributed by atoms with Crippen molar-refractivity contribution in [2.75, 3.05) is 6.61 Å². The van der Waals surface area contributed by atoms with Crippen LogP contribution in [0.3, 0.4) is 0 Å². The fourth-order valence-electron chi connectivity index (χ4n) is 3.92. The van der Waals surface area contributed by atoms with Gasteiger partial charge in [-0.15, -0.1) is 0 Å². The predicted octanol–water partition coefficient (Wildman–Crippen LogP) is 7.31. The van der Waals surface area contributed by atoms with Crippen molar-refractivity contribution in [3.05, 3.63) is 88.7 Å². The van der Waals surface area contributed by atoms with Gasteiger partial charge in [-0.2, -0.15) is 0 Å². The van der Waals surface area contributed by atoms with Crippen molar-refractivity contribution in [3.8, 4) is 11.5 Å². The molecule has 0 saturated heterocycles. The predicted molar refractivity (Wildman–Crippen MR) is 131 cm³/mol. The summed E-state index contributed by atoms with van der Waals surface area (Å²) >= 11 is 6.00. The van der Waals surface area contributed by atoms with Gasteiger partial charge in [-0.3, -0.25) is 0 Å². The van der Waals surface area contributed by atoms with Gasteiger partial charge in [-0.05, 0) is 81.6 Å². The molecule has 0 aliphatic carbocycles. The summed E-state index contributed by atoms with van der Waals surface area (Å²) < 4.78 is 14.4. The van der Waals surface area contributed by atoms with Crippen LogP contribution in [0.15, 0.2) is 66.7 Å². The molecule has 4 aromatic rings. The number of aromatic nitrogens is 2. The number of unbranched alkanes of at least 4 members (excludes halogenated alkanes) is 1. The lowest BCUT2D eigenvalue weighted by molar-refractivity contribution is 0.211. The Morgan fingerprint density at radius 2 is 1.75 bits per heavy atom. The van der Waals surface area contributed by atoms with Crippen molar-refractivity contribution in [1.29, 1.82) is 0 Å². The number of benzene rings is 3. The molecular weight excluding hydrogens is 420 g/mol. The number of halogens is 1. The summed E-state index contributed by atoms with van der Waals surface area (Å²) in [6.45, 7) is 7.79. The first-order chi connectivity index (χ1) is 15.5. The van der Waals surface area contributed by atoms with E-state index in [1.807, 2.05) is 43.3 Å². The van der Waals surface area contributed by atoms with E-state index in [1.54, 1.807) is 0 Å². The number of para-hydroxylation sites is 2. The fraction of sp³-hybridized carbons (Fsp3) is 0.296. The summed E-state index contributed by atoms with van der Waals surface area (Å²) in [7, 11) is 0. The van der Waals surface area contributed by atoms with E-state index in [-0.39, 0.29) is 6.10 Å². The van der Waals surface area contributed by atoms with E-state index in [1.165, 1.54) is 11.1 Å². The molecule has 0 radical (unpaired) electrons. The van der Waals surface area contributed by atoms with Gasteiger partial charge in [0.2, 0.25) is 0 Å². The molecule has 0 N–H and O–H groups in total. The van der Waals surface area contributed by atoms with Crippen molar-refractivity contribution < 1.29 is 9.47 Å². The largest absolute Gasteiger partial charge is 0.493 e. The standard InChI is InChI=1S/C27H29ClN2O2/c1-19-10-15-26(20(2)18-19)31-17-7-6-16-30-25-9-5-4-8-24(25)29-27(30)21(3)32-23-13-11-22(28)12-14-23/h4-5,8-15,18,21H,6-7,16-17H2,1-3H3. The summed E-state index contributed by atoms with van der Waals surface area (Å²) in [6.07, 6.45) is 1.77. The van der Waals surface area contributed by atoms with E-state index >= 15 is 0 Å². The molecule has 5 heteroatoms. The van der Waals surface area contributed by atoms with Crippen LogP contribution in [0.4, 0.5) is 0 Å². The lowest BCUT2D eigenvalue weighted by Crippen LogP contribution is -2.13. The zero-order valence-electron chi connectivity index (χ0n) is 18.8. The minimum absolute atomic E-state index is 0.185. The van der Waals surface area contributed by atoms with Gasteiger partial charge >= 0.3 is 0 Å². The lowest BCUT2D eigenvalue weighted by atomic mass is 10.1. The van der Waals surface area contributed by atoms with Crippen LogP contribution in [-0.4, -0.2) is 16.2 Å². The Morgan fingerprint density at radius 1 is 0.969 bits per heavy atom. The number of fused-ring (bicyclic) bond motifs is 1. The molecule has 0 aliphatic heterocycles. The number of ether oxygens (including phenoxy) is 2. The Labute approximate surface area is 194 Å². The topological polar surface area (TPSA) is 36.3 Å². The molecule has 1 atom stereocenters. The highest BCUT2D eigenvalue weighted by atomic mass is 35.5. The molecule has 4 nitrogen and oxygen atoms in total. The quantitative estimate of drug-likeness (QED) is 0.252. The van der Waals surface area contributed by atoms with Crippen molar-refractivity contribution in [2.45, 2.75) is 46.3 Å². The molecule has 0 bridgehead atoms. The van der Waals surface area contributed by atoms with Crippen LogP contribution in [0, 0.1) is 13.8 Å². The van der Waals surface area contributed by atoms with Gasteiger partial charge in [0.1, 0.15) is 11.5 Å². The molecule has 32 heavy (non-hydrogen) atoms. The fourth-order valence-corrected chi connectivity index (χ4v) is 4.05. The second kappa shape index (κ2) is 10.1. The van der Waals surface area contributed by atoms with E-state index in [2.05, 4.69) is 48.7 Å². The Kier molecular flexibility index (Phi) is 7.01. The molecular formula is C27H29ClN2O2. The van der Waals surface area contributed by atoms with Gasteiger partial charge in [-0.1, -0.05) is 41.4 Å². The van der Waals surface area contributed by atoms with Crippen LogP contribution >= 0.6 is 11.6 Å². The van der Waals surface area contributed by atoms with Gasteiger partial charge in [0.25, 0.3) is 0 Å². The van der Waals surface area contributed by atoms with Crippen LogP contribution in [0.5, 0.6) is 11.5 Å². The summed E-state index contributed by atoms with van der Waals surface area (Å²) in [6, 6.07) is 22.0. The third-order valence-electron chi connectivity index (χ3n) is 5.54. The van der Waals surface area contributed by atoms with Gasteiger partial charge in [0.05, 0.1) is 17.6 Å². The van der Waals surface area contributed by atoms with E-state index in [0.717, 1.165) is 47.7 Å². The molecule has 0 aliphatic rings. The van der Waals surface area contributed by atoms with Gasteiger partial charge < -0.3 is 14.0 Å². The number of hydrogen-bond acceptors (Lipinski definition) is 3. The summed E-state index contributed by atoms with van der Waals surface area (Å²) in [4.78, 5) is 4.87. The normalized spacial score (nSPS) is 12.1. The Bertz CT molecular complexity index is 1180. The molecule has 0 fully saturated rings. The highest BCUT2D eigenvalue weighted by Crippen LogP contribution is 2.27. The van der Waals surface area contributed by atoms with Crippen molar-refractivity contribution >= 4 is 22.6 Å². The highest BCUT2D eigenvalue weighted by Gasteiger charge is 2.18. The van der Waals surface area contributed by atoms with Crippen molar-refractivity contribution in [1.82, 2.24) is 9.55 Å². The molecule has 1 aromatic heterocycles. The Balaban J connectivity index is 1.42. The smallest absolute Gasteiger partial charge is 0.153 e. The summed E-state index contributed by atoms with van der Waals surface area (Å²) in [5.41, 5.74) is 4.55. The average molecular weight is 449 g/mol. The third-order valence-corrected chi connectivity index (χ3v) is 5.79. The van der Waals surface area contributed by atoms with Gasteiger partial charge in [0, 0.05) is 11.6 Å². The van der Waals surface area contributed by atoms with E-state index in [0.29, 0.717) is 11.6 Å². The third kappa shape index (κ3) is 5.25. The lowest BCUT2D eigenvalue weighted by Gasteiger charge is -2.17. The Morgan fingerprint density at radius 3 is 2.53 bits per heavy atom. The number of rotatable bonds is 9. The first kappa shape index (κ1) is 22.2. The second-order valence-electron chi connectivity index (χ2n) is 8.15. The second-order valence-corrected chi connectivity index (χ2v) is 8.59. The molecule has 166 valence electrons. The Hall–Kier alpha value is -2.98. The first-order valence-corrected chi connectivity index (χ1v) is 11.5. The van der Waals surface area contributed by atoms with Crippen LogP contribution in [0.2, 0.25) is 5.02 Å².